The maximum Gasteiger partial charge on any atom is 0.393 e. The zero-order valence-electron chi connectivity index (χ0n) is 9.19. The van der Waals surface area contributed by atoms with Gasteiger partial charge >= 0.3 is 6.18 Å². The van der Waals surface area contributed by atoms with Gasteiger partial charge in [0.15, 0.2) is 0 Å². The van der Waals surface area contributed by atoms with Gasteiger partial charge in [0.2, 0.25) is 0 Å². The van der Waals surface area contributed by atoms with Crippen molar-refractivity contribution >= 4 is 0 Å². The van der Waals surface area contributed by atoms with Crippen LogP contribution in [0, 0.1) is 11.8 Å². The molecule has 0 aromatic rings. The highest BCUT2D eigenvalue weighted by molar-refractivity contribution is 5.07. The molecule has 1 aliphatic carbocycles. The van der Waals surface area contributed by atoms with Crippen molar-refractivity contribution in [3.63, 3.8) is 0 Å². The lowest BCUT2D eigenvalue weighted by atomic mass is 9.74. The molecule has 3 unspecified atom stereocenters. The number of hydrogen-bond acceptors (Lipinski definition) is 1. The molecule has 1 N–H and O–H groups in total. The smallest absolute Gasteiger partial charge is 0.308 e. The Balaban J connectivity index is 2.20. The van der Waals surface area contributed by atoms with Crippen molar-refractivity contribution in [2.45, 2.75) is 57.3 Å². The van der Waals surface area contributed by atoms with Gasteiger partial charge in [0.05, 0.1) is 5.92 Å². The molecule has 0 amide bonds. The van der Waals surface area contributed by atoms with Gasteiger partial charge in [-0.25, -0.2) is 0 Å². The molecule has 1 saturated heterocycles. The van der Waals surface area contributed by atoms with E-state index in [1.165, 1.54) is 0 Å². The SMILES string of the molecule is CC1CCC(C(F)(F)F)C(C)(C2CC2)N1. The van der Waals surface area contributed by atoms with Gasteiger partial charge in [-0.1, -0.05) is 0 Å². The Morgan fingerprint density at radius 3 is 2.20 bits per heavy atom. The summed E-state index contributed by atoms with van der Waals surface area (Å²) in [5.74, 6) is -0.930. The summed E-state index contributed by atoms with van der Waals surface area (Å²) in [6.45, 7) is 3.74. The van der Waals surface area contributed by atoms with Gasteiger partial charge in [0, 0.05) is 11.6 Å². The van der Waals surface area contributed by atoms with Crippen LogP contribution in [0.4, 0.5) is 13.2 Å². The molecule has 0 bridgehead atoms. The molecule has 1 saturated carbocycles. The minimum atomic E-state index is -4.05. The van der Waals surface area contributed by atoms with Crippen LogP contribution in [0.15, 0.2) is 0 Å². The monoisotopic (exact) mass is 221 g/mol. The van der Waals surface area contributed by atoms with Crippen LogP contribution >= 0.6 is 0 Å². The highest BCUT2D eigenvalue weighted by Crippen LogP contribution is 2.51. The van der Waals surface area contributed by atoms with Crippen LogP contribution in [0.1, 0.15) is 39.5 Å². The van der Waals surface area contributed by atoms with Crippen molar-refractivity contribution in [3.05, 3.63) is 0 Å². The quantitative estimate of drug-likeness (QED) is 0.717. The first-order valence-corrected chi connectivity index (χ1v) is 5.68. The van der Waals surface area contributed by atoms with Crippen LogP contribution in [-0.4, -0.2) is 17.8 Å². The topological polar surface area (TPSA) is 12.0 Å². The van der Waals surface area contributed by atoms with Crippen molar-refractivity contribution < 1.29 is 13.2 Å². The molecule has 4 heteroatoms. The lowest BCUT2D eigenvalue weighted by Gasteiger charge is -2.46. The lowest BCUT2D eigenvalue weighted by molar-refractivity contribution is -0.206. The molecule has 88 valence electrons. The molecule has 3 atom stereocenters. The average molecular weight is 221 g/mol. The standard InChI is InChI=1S/C11H18F3N/c1-7-3-6-9(11(12,13)14)10(2,15-7)8-4-5-8/h7-9,15H,3-6H2,1-2H3. The predicted molar refractivity (Wildman–Crippen MR) is 52.5 cm³/mol. The first-order chi connectivity index (χ1) is 6.84. The fraction of sp³-hybridized carbons (Fsp3) is 1.00. The average Bonchev–Trinajstić information content (AvgIpc) is 2.81. The fourth-order valence-corrected chi connectivity index (χ4v) is 3.01. The normalized spacial score (nSPS) is 43.0. The second-order valence-electron chi connectivity index (χ2n) is 5.27. The van der Waals surface area contributed by atoms with Crippen molar-refractivity contribution in [2.75, 3.05) is 0 Å². The third-order valence-electron chi connectivity index (χ3n) is 3.99. The highest BCUT2D eigenvalue weighted by atomic mass is 19.4. The van der Waals surface area contributed by atoms with Crippen molar-refractivity contribution in [2.24, 2.45) is 11.8 Å². The molecule has 0 aromatic heterocycles. The molecule has 0 spiro atoms. The molecule has 15 heavy (non-hydrogen) atoms. The lowest BCUT2D eigenvalue weighted by Crippen LogP contribution is -2.61. The van der Waals surface area contributed by atoms with Crippen LogP contribution < -0.4 is 5.32 Å². The third kappa shape index (κ3) is 2.01. The summed E-state index contributed by atoms with van der Waals surface area (Å²) < 4.78 is 38.7. The minimum Gasteiger partial charge on any atom is -0.308 e. The summed E-state index contributed by atoms with van der Waals surface area (Å²) in [7, 11) is 0. The van der Waals surface area contributed by atoms with E-state index in [0.717, 1.165) is 12.8 Å². The number of rotatable bonds is 1. The summed E-state index contributed by atoms with van der Waals surface area (Å²) >= 11 is 0. The first kappa shape index (κ1) is 11.2. The second kappa shape index (κ2) is 3.37. The van der Waals surface area contributed by atoms with Crippen LogP contribution in [0.3, 0.4) is 0 Å². The van der Waals surface area contributed by atoms with E-state index < -0.39 is 17.6 Å². The van der Waals surface area contributed by atoms with Crippen LogP contribution in [-0.2, 0) is 0 Å². The Labute approximate surface area is 88.4 Å². The zero-order chi connectivity index (χ0) is 11.3. The van der Waals surface area contributed by atoms with E-state index in [1.54, 1.807) is 6.92 Å². The highest BCUT2D eigenvalue weighted by Gasteiger charge is 2.58. The van der Waals surface area contributed by atoms with E-state index in [0.29, 0.717) is 6.42 Å². The van der Waals surface area contributed by atoms with E-state index in [9.17, 15) is 13.2 Å². The van der Waals surface area contributed by atoms with Gasteiger partial charge in [-0.15, -0.1) is 0 Å². The molecular formula is C11H18F3N. The van der Waals surface area contributed by atoms with Crippen molar-refractivity contribution in [1.29, 1.82) is 0 Å². The van der Waals surface area contributed by atoms with E-state index in [4.69, 9.17) is 0 Å². The van der Waals surface area contributed by atoms with Crippen molar-refractivity contribution in [1.82, 2.24) is 5.32 Å². The number of alkyl halides is 3. The summed E-state index contributed by atoms with van der Waals surface area (Å²) in [5.41, 5.74) is -0.712. The number of nitrogens with one attached hydrogen (secondary N) is 1. The van der Waals surface area contributed by atoms with Gasteiger partial charge in [0.25, 0.3) is 0 Å². The molecular weight excluding hydrogens is 203 g/mol. The predicted octanol–water partition coefficient (Wildman–Crippen LogP) is 3.11. The van der Waals surface area contributed by atoms with Gasteiger partial charge in [-0.2, -0.15) is 13.2 Å². The Bertz CT molecular complexity index is 247. The molecule has 1 heterocycles. The molecule has 1 nitrogen and oxygen atoms in total. The fourth-order valence-electron chi connectivity index (χ4n) is 3.01. The summed E-state index contributed by atoms with van der Waals surface area (Å²) in [6.07, 6.45) is -1.24. The number of halogens is 3. The van der Waals surface area contributed by atoms with Crippen LogP contribution in [0.5, 0.6) is 0 Å². The van der Waals surface area contributed by atoms with Crippen LogP contribution in [0.25, 0.3) is 0 Å². The maximum atomic E-state index is 12.9. The van der Waals surface area contributed by atoms with E-state index >= 15 is 0 Å². The molecule has 0 aromatic carbocycles. The number of piperidine rings is 1. The molecule has 0 radical (unpaired) electrons. The Kier molecular flexibility index (Phi) is 2.53. The Morgan fingerprint density at radius 2 is 1.73 bits per heavy atom. The second-order valence-corrected chi connectivity index (χ2v) is 5.27. The summed E-state index contributed by atoms with van der Waals surface area (Å²) in [4.78, 5) is 0. The minimum absolute atomic E-state index is 0.217. The summed E-state index contributed by atoms with van der Waals surface area (Å²) in [6, 6.07) is 0.217. The number of hydrogen-bond donors (Lipinski definition) is 1. The zero-order valence-corrected chi connectivity index (χ0v) is 9.19. The maximum absolute atomic E-state index is 12.9. The van der Waals surface area contributed by atoms with Gasteiger partial charge < -0.3 is 5.32 Å². The molecule has 1 aliphatic heterocycles. The molecule has 2 rings (SSSR count). The van der Waals surface area contributed by atoms with Crippen LogP contribution in [0.2, 0.25) is 0 Å². The first-order valence-electron chi connectivity index (χ1n) is 5.68. The van der Waals surface area contributed by atoms with E-state index in [1.807, 2.05) is 6.92 Å². The van der Waals surface area contributed by atoms with E-state index in [-0.39, 0.29) is 18.4 Å². The molecule has 2 aliphatic rings. The molecule has 2 fully saturated rings. The van der Waals surface area contributed by atoms with E-state index in [2.05, 4.69) is 5.32 Å². The van der Waals surface area contributed by atoms with Gasteiger partial charge in [-0.05, 0) is 45.4 Å². The largest absolute Gasteiger partial charge is 0.393 e. The van der Waals surface area contributed by atoms with Gasteiger partial charge in [-0.3, -0.25) is 0 Å². The Morgan fingerprint density at radius 1 is 1.13 bits per heavy atom. The Hall–Kier alpha value is -0.250. The van der Waals surface area contributed by atoms with Gasteiger partial charge in [0.1, 0.15) is 0 Å². The summed E-state index contributed by atoms with van der Waals surface area (Å²) in [5, 5.41) is 3.19. The third-order valence-corrected chi connectivity index (χ3v) is 3.99. The van der Waals surface area contributed by atoms with Crippen molar-refractivity contribution in [3.8, 4) is 0 Å².